The summed E-state index contributed by atoms with van der Waals surface area (Å²) in [6.07, 6.45) is 2.94. The van der Waals surface area contributed by atoms with Crippen molar-refractivity contribution in [3.8, 4) is 5.75 Å². The number of likely N-dealkylation sites (tertiary alicyclic amines) is 1. The maximum atomic E-state index is 12.3. The van der Waals surface area contributed by atoms with Gasteiger partial charge in [-0.25, -0.2) is 0 Å². The van der Waals surface area contributed by atoms with Crippen molar-refractivity contribution in [2.75, 3.05) is 27.2 Å². The number of carbonyl (C=O) groups is 1. The summed E-state index contributed by atoms with van der Waals surface area (Å²) in [6, 6.07) is 5.98. The van der Waals surface area contributed by atoms with Gasteiger partial charge in [0.1, 0.15) is 5.75 Å². The molecule has 1 fully saturated rings. The summed E-state index contributed by atoms with van der Waals surface area (Å²) in [4.78, 5) is 14.6. The molecule has 0 atom stereocenters. The Kier molecular flexibility index (Phi) is 5.01. The second-order valence-electron chi connectivity index (χ2n) is 5.43. The van der Waals surface area contributed by atoms with E-state index >= 15 is 0 Å². The van der Waals surface area contributed by atoms with Gasteiger partial charge in [-0.3, -0.25) is 4.79 Å². The molecule has 4 heteroatoms. The van der Waals surface area contributed by atoms with Crippen LogP contribution in [0.25, 0.3) is 0 Å². The maximum absolute atomic E-state index is 12.3. The molecule has 0 spiro atoms. The molecule has 110 valence electrons. The number of nitrogens with one attached hydrogen (secondary N) is 1. The molecule has 1 aliphatic rings. The Balaban J connectivity index is 2.02. The van der Waals surface area contributed by atoms with Gasteiger partial charge in [0, 0.05) is 11.6 Å². The number of amides is 1. The summed E-state index contributed by atoms with van der Waals surface area (Å²) in [6.45, 7) is 4.17. The summed E-state index contributed by atoms with van der Waals surface area (Å²) in [5.41, 5.74) is 1.81. The molecule has 1 aromatic rings. The molecule has 2 rings (SSSR count). The van der Waals surface area contributed by atoms with E-state index in [1.165, 1.54) is 0 Å². The molecule has 1 aromatic carbocycles. The van der Waals surface area contributed by atoms with Crippen LogP contribution in [0.1, 0.15) is 35.7 Å². The van der Waals surface area contributed by atoms with Gasteiger partial charge in [0.05, 0.1) is 7.11 Å². The fourth-order valence-electron chi connectivity index (χ4n) is 2.60. The summed E-state index contributed by atoms with van der Waals surface area (Å²) < 4.78 is 5.34. The van der Waals surface area contributed by atoms with Crippen LogP contribution < -0.4 is 10.1 Å². The van der Waals surface area contributed by atoms with E-state index in [0.29, 0.717) is 5.56 Å². The molecule has 0 bridgehead atoms. The lowest BCUT2D eigenvalue weighted by Gasteiger charge is -2.29. The molecule has 4 nitrogen and oxygen atoms in total. The van der Waals surface area contributed by atoms with E-state index in [1.54, 1.807) is 7.11 Å². The van der Waals surface area contributed by atoms with E-state index in [0.717, 1.165) is 43.7 Å². The van der Waals surface area contributed by atoms with Crippen LogP contribution in [0.3, 0.4) is 0 Å². The lowest BCUT2D eigenvalue weighted by Crippen LogP contribution is -2.43. The second-order valence-corrected chi connectivity index (χ2v) is 5.43. The van der Waals surface area contributed by atoms with Gasteiger partial charge in [0.2, 0.25) is 0 Å². The predicted octanol–water partition coefficient (Wildman–Crippen LogP) is 2.08. The summed E-state index contributed by atoms with van der Waals surface area (Å²) in [5.74, 6) is 0.795. The Hall–Kier alpha value is -1.55. The van der Waals surface area contributed by atoms with E-state index < -0.39 is 0 Å². The highest BCUT2D eigenvalue weighted by molar-refractivity contribution is 5.94. The SMILES string of the molecule is CCc1ccc(C(=O)NC2CCN(C)CC2)cc1OC. The van der Waals surface area contributed by atoms with Crippen LogP contribution in [0.2, 0.25) is 0 Å². The molecule has 1 aliphatic heterocycles. The number of piperidine rings is 1. The minimum atomic E-state index is 0.000469. The fraction of sp³-hybridized carbons (Fsp3) is 0.562. The van der Waals surface area contributed by atoms with Crippen molar-refractivity contribution in [1.82, 2.24) is 10.2 Å². The minimum Gasteiger partial charge on any atom is -0.496 e. The van der Waals surface area contributed by atoms with Gasteiger partial charge in [0.15, 0.2) is 0 Å². The highest BCUT2D eigenvalue weighted by Crippen LogP contribution is 2.21. The highest BCUT2D eigenvalue weighted by Gasteiger charge is 2.19. The third-order valence-electron chi connectivity index (χ3n) is 3.98. The van der Waals surface area contributed by atoms with Gasteiger partial charge >= 0.3 is 0 Å². The zero-order valence-electron chi connectivity index (χ0n) is 12.6. The Morgan fingerprint density at radius 3 is 2.70 bits per heavy atom. The summed E-state index contributed by atoms with van der Waals surface area (Å²) >= 11 is 0. The van der Waals surface area contributed by atoms with Crippen LogP contribution in [-0.4, -0.2) is 44.1 Å². The smallest absolute Gasteiger partial charge is 0.251 e. The van der Waals surface area contributed by atoms with Gasteiger partial charge in [-0.1, -0.05) is 13.0 Å². The van der Waals surface area contributed by atoms with Crippen molar-refractivity contribution < 1.29 is 9.53 Å². The Morgan fingerprint density at radius 2 is 2.10 bits per heavy atom. The van der Waals surface area contributed by atoms with Crippen molar-refractivity contribution in [1.29, 1.82) is 0 Å². The first kappa shape index (κ1) is 14.9. The van der Waals surface area contributed by atoms with E-state index in [-0.39, 0.29) is 11.9 Å². The Labute approximate surface area is 121 Å². The topological polar surface area (TPSA) is 41.6 Å². The zero-order valence-corrected chi connectivity index (χ0v) is 12.6. The van der Waals surface area contributed by atoms with Crippen LogP contribution >= 0.6 is 0 Å². The standard InChI is InChI=1S/C16H24N2O2/c1-4-12-5-6-13(11-15(12)20-3)16(19)17-14-7-9-18(2)10-8-14/h5-6,11,14H,4,7-10H2,1-3H3,(H,17,19). The number of hydrogen-bond donors (Lipinski definition) is 1. The monoisotopic (exact) mass is 276 g/mol. The molecule has 0 aliphatic carbocycles. The predicted molar refractivity (Wildman–Crippen MR) is 80.4 cm³/mol. The van der Waals surface area contributed by atoms with Gasteiger partial charge in [-0.05, 0) is 57.1 Å². The lowest BCUT2D eigenvalue weighted by molar-refractivity contribution is 0.0916. The van der Waals surface area contributed by atoms with E-state index in [9.17, 15) is 4.79 Å². The van der Waals surface area contributed by atoms with Crippen LogP contribution in [0, 0.1) is 0 Å². The fourth-order valence-corrected chi connectivity index (χ4v) is 2.60. The first-order valence-electron chi connectivity index (χ1n) is 7.30. The van der Waals surface area contributed by atoms with Crippen molar-refractivity contribution in [3.63, 3.8) is 0 Å². The third kappa shape index (κ3) is 3.51. The molecular formula is C16H24N2O2. The van der Waals surface area contributed by atoms with Crippen molar-refractivity contribution in [3.05, 3.63) is 29.3 Å². The number of rotatable bonds is 4. The van der Waals surface area contributed by atoms with Crippen molar-refractivity contribution in [2.24, 2.45) is 0 Å². The maximum Gasteiger partial charge on any atom is 0.251 e. The number of benzene rings is 1. The first-order valence-corrected chi connectivity index (χ1v) is 7.30. The highest BCUT2D eigenvalue weighted by atomic mass is 16.5. The molecule has 1 heterocycles. The van der Waals surface area contributed by atoms with Gasteiger partial charge in [-0.15, -0.1) is 0 Å². The number of ether oxygens (including phenoxy) is 1. The molecule has 0 radical (unpaired) electrons. The molecule has 0 saturated carbocycles. The zero-order chi connectivity index (χ0) is 14.5. The number of methoxy groups -OCH3 is 1. The second kappa shape index (κ2) is 6.75. The molecular weight excluding hydrogens is 252 g/mol. The van der Waals surface area contributed by atoms with Crippen LogP contribution in [0.15, 0.2) is 18.2 Å². The van der Waals surface area contributed by atoms with Crippen molar-refractivity contribution in [2.45, 2.75) is 32.2 Å². The number of aryl methyl sites for hydroxylation is 1. The number of carbonyl (C=O) groups excluding carboxylic acids is 1. The van der Waals surface area contributed by atoms with Crippen LogP contribution in [-0.2, 0) is 6.42 Å². The van der Waals surface area contributed by atoms with E-state index in [1.807, 2.05) is 18.2 Å². The van der Waals surface area contributed by atoms with E-state index in [4.69, 9.17) is 4.74 Å². The average Bonchev–Trinajstić information content (AvgIpc) is 2.48. The quantitative estimate of drug-likeness (QED) is 0.915. The molecule has 1 saturated heterocycles. The van der Waals surface area contributed by atoms with Gasteiger partial charge < -0.3 is 15.0 Å². The first-order chi connectivity index (χ1) is 9.63. The summed E-state index contributed by atoms with van der Waals surface area (Å²) in [7, 11) is 3.76. The lowest BCUT2D eigenvalue weighted by atomic mass is 10.0. The average molecular weight is 276 g/mol. The molecule has 0 unspecified atom stereocenters. The van der Waals surface area contributed by atoms with Crippen LogP contribution in [0.5, 0.6) is 5.75 Å². The number of nitrogens with zero attached hydrogens (tertiary/aromatic N) is 1. The largest absolute Gasteiger partial charge is 0.496 e. The third-order valence-corrected chi connectivity index (χ3v) is 3.98. The normalized spacial score (nSPS) is 16.9. The molecule has 1 N–H and O–H groups in total. The molecule has 1 amide bonds. The molecule has 0 aromatic heterocycles. The minimum absolute atomic E-state index is 0.000469. The Bertz CT molecular complexity index is 466. The van der Waals surface area contributed by atoms with Gasteiger partial charge in [-0.2, -0.15) is 0 Å². The number of hydrogen-bond acceptors (Lipinski definition) is 3. The van der Waals surface area contributed by atoms with Crippen LogP contribution in [0.4, 0.5) is 0 Å². The molecule has 20 heavy (non-hydrogen) atoms. The van der Waals surface area contributed by atoms with Gasteiger partial charge in [0.25, 0.3) is 5.91 Å². The van der Waals surface area contributed by atoms with Crippen molar-refractivity contribution >= 4 is 5.91 Å². The Morgan fingerprint density at radius 1 is 1.40 bits per heavy atom. The summed E-state index contributed by atoms with van der Waals surface area (Å²) in [5, 5.41) is 3.12. The van der Waals surface area contributed by atoms with E-state index in [2.05, 4.69) is 24.2 Å².